The molecule has 1 radical (unpaired) electrons. The number of nitrogens with one attached hydrogen (secondary N) is 1. The summed E-state index contributed by atoms with van der Waals surface area (Å²) in [5.74, 6) is -0.108. The summed E-state index contributed by atoms with van der Waals surface area (Å²) in [5.41, 5.74) is 3.06. The summed E-state index contributed by atoms with van der Waals surface area (Å²) in [6, 6.07) is 7.73. The minimum absolute atomic E-state index is 0.108. The van der Waals surface area contributed by atoms with E-state index in [1.54, 1.807) is 6.07 Å². The van der Waals surface area contributed by atoms with Crippen LogP contribution < -0.4 is 5.32 Å². The van der Waals surface area contributed by atoms with Gasteiger partial charge in [0.2, 0.25) is 0 Å². The number of hydrogen-bond donors (Lipinski definition) is 1. The van der Waals surface area contributed by atoms with Crippen molar-refractivity contribution in [2.45, 2.75) is 37.9 Å². The highest BCUT2D eigenvalue weighted by atomic mass is 28.3. The maximum absolute atomic E-state index is 13.2. The van der Waals surface area contributed by atoms with Crippen molar-refractivity contribution in [1.29, 1.82) is 0 Å². The van der Waals surface area contributed by atoms with Crippen LogP contribution in [0.2, 0.25) is 17.6 Å². The molecular formula is C13H19FNSi. The highest BCUT2D eigenvalue weighted by molar-refractivity contribution is 6.60. The van der Waals surface area contributed by atoms with Gasteiger partial charge in [0.15, 0.2) is 0 Å². The molecule has 1 aliphatic heterocycles. The summed E-state index contributed by atoms with van der Waals surface area (Å²) in [7, 11) is -0.263. The highest BCUT2D eigenvalue weighted by Crippen LogP contribution is 2.31. The van der Waals surface area contributed by atoms with Gasteiger partial charge in [-0.15, -0.1) is 0 Å². The van der Waals surface area contributed by atoms with Gasteiger partial charge in [-0.3, -0.25) is 0 Å². The van der Waals surface area contributed by atoms with Gasteiger partial charge in [-0.05, 0) is 35.7 Å². The zero-order valence-corrected chi connectivity index (χ0v) is 11.0. The van der Waals surface area contributed by atoms with Gasteiger partial charge in [0.25, 0.3) is 0 Å². The van der Waals surface area contributed by atoms with Gasteiger partial charge in [0, 0.05) is 12.2 Å². The molecule has 0 saturated heterocycles. The molecule has 1 atom stereocenters. The molecule has 87 valence electrons. The smallest absolute Gasteiger partial charge is 0.123 e. The summed E-state index contributed by atoms with van der Waals surface area (Å²) in [5, 5.41) is 3.45. The van der Waals surface area contributed by atoms with E-state index >= 15 is 0 Å². The Labute approximate surface area is 98.7 Å². The van der Waals surface area contributed by atoms with E-state index in [-0.39, 0.29) is 14.6 Å². The molecule has 1 aliphatic rings. The molecular weight excluding hydrogens is 217 g/mol. The van der Waals surface area contributed by atoms with Gasteiger partial charge < -0.3 is 5.32 Å². The van der Waals surface area contributed by atoms with Crippen LogP contribution >= 0.6 is 0 Å². The molecule has 1 aromatic carbocycles. The van der Waals surface area contributed by atoms with Crippen molar-refractivity contribution in [3.8, 4) is 0 Å². The molecule has 0 aliphatic carbocycles. The molecule has 0 spiro atoms. The first-order valence-corrected chi connectivity index (χ1v) is 8.10. The normalized spacial score (nSPS) is 19.4. The number of benzene rings is 1. The lowest BCUT2D eigenvalue weighted by Crippen LogP contribution is -2.30. The zero-order chi connectivity index (χ0) is 11.5. The zero-order valence-electron chi connectivity index (χ0n) is 10.0. The topological polar surface area (TPSA) is 12.0 Å². The van der Waals surface area contributed by atoms with Gasteiger partial charge in [-0.25, -0.2) is 4.39 Å². The maximum atomic E-state index is 13.2. The fourth-order valence-electron chi connectivity index (χ4n) is 2.59. The molecule has 1 heterocycles. The fourth-order valence-corrected chi connectivity index (χ4v) is 5.14. The number of rotatable bonds is 3. The maximum Gasteiger partial charge on any atom is 0.123 e. The number of fused-ring (bicyclic) bond motifs is 1. The number of hydrogen-bond acceptors (Lipinski definition) is 1. The molecule has 3 heteroatoms. The van der Waals surface area contributed by atoms with Crippen molar-refractivity contribution in [1.82, 2.24) is 0 Å². The van der Waals surface area contributed by atoms with Crippen LogP contribution in [0.4, 0.5) is 10.1 Å². The molecule has 0 amide bonds. The predicted molar refractivity (Wildman–Crippen MR) is 69.1 cm³/mol. The van der Waals surface area contributed by atoms with Crippen molar-refractivity contribution >= 4 is 14.5 Å². The minimum atomic E-state index is -0.263. The third-order valence-electron chi connectivity index (χ3n) is 3.56. The first kappa shape index (κ1) is 11.6. The van der Waals surface area contributed by atoms with Crippen LogP contribution in [0.5, 0.6) is 0 Å². The van der Waals surface area contributed by atoms with Crippen LogP contribution in [0.3, 0.4) is 0 Å². The average Bonchev–Trinajstić information content (AvgIpc) is 2.30. The molecule has 0 bridgehead atoms. The first-order chi connectivity index (χ1) is 7.74. The van der Waals surface area contributed by atoms with E-state index in [0.717, 1.165) is 24.2 Å². The van der Waals surface area contributed by atoms with Gasteiger partial charge in [-0.2, -0.15) is 0 Å². The summed E-state index contributed by atoms with van der Waals surface area (Å²) in [4.78, 5) is 0. The molecule has 1 unspecified atom stereocenters. The van der Waals surface area contributed by atoms with Gasteiger partial charge in [0.05, 0.1) is 8.80 Å². The van der Waals surface area contributed by atoms with Gasteiger partial charge in [-0.1, -0.05) is 25.9 Å². The van der Waals surface area contributed by atoms with E-state index < -0.39 is 0 Å². The summed E-state index contributed by atoms with van der Waals surface area (Å²) in [6.07, 6.45) is 1.07. The molecule has 1 aromatic rings. The van der Waals surface area contributed by atoms with Crippen LogP contribution in [-0.2, 0) is 6.42 Å². The third-order valence-corrected chi connectivity index (χ3v) is 6.94. The third kappa shape index (κ3) is 2.29. The van der Waals surface area contributed by atoms with E-state index in [1.807, 2.05) is 6.07 Å². The second-order valence-electron chi connectivity index (χ2n) is 4.45. The van der Waals surface area contributed by atoms with Crippen LogP contribution in [0.1, 0.15) is 19.4 Å². The van der Waals surface area contributed by atoms with Crippen molar-refractivity contribution in [2.24, 2.45) is 0 Å². The Hall–Kier alpha value is -0.833. The second kappa shape index (κ2) is 5.00. The molecule has 16 heavy (non-hydrogen) atoms. The quantitative estimate of drug-likeness (QED) is 0.789. The summed E-state index contributed by atoms with van der Waals surface area (Å²) >= 11 is 0. The molecule has 1 N–H and O–H groups in total. The van der Waals surface area contributed by atoms with Crippen molar-refractivity contribution in [2.75, 3.05) is 11.9 Å². The lowest BCUT2D eigenvalue weighted by atomic mass is 10.0. The Kier molecular flexibility index (Phi) is 3.64. The van der Waals surface area contributed by atoms with E-state index in [9.17, 15) is 4.39 Å². The van der Waals surface area contributed by atoms with Gasteiger partial charge >= 0.3 is 0 Å². The Morgan fingerprint density at radius 3 is 2.81 bits per heavy atom. The van der Waals surface area contributed by atoms with Crippen molar-refractivity contribution in [3.63, 3.8) is 0 Å². The first-order valence-electron chi connectivity index (χ1n) is 6.11. The van der Waals surface area contributed by atoms with E-state index in [0.29, 0.717) is 0 Å². The van der Waals surface area contributed by atoms with Crippen LogP contribution in [-0.4, -0.2) is 15.3 Å². The van der Waals surface area contributed by atoms with Crippen LogP contribution in [0.25, 0.3) is 0 Å². The molecule has 0 aromatic heterocycles. The predicted octanol–water partition coefficient (Wildman–Crippen LogP) is 3.70. The number of halogens is 1. The Balaban J connectivity index is 2.16. The Bertz CT molecular complexity index is 363. The lowest BCUT2D eigenvalue weighted by Gasteiger charge is -2.30. The van der Waals surface area contributed by atoms with E-state index in [1.165, 1.54) is 23.7 Å². The Morgan fingerprint density at radius 2 is 2.12 bits per heavy atom. The average molecular weight is 236 g/mol. The summed E-state index contributed by atoms with van der Waals surface area (Å²) in [6.45, 7) is 5.66. The second-order valence-corrected chi connectivity index (χ2v) is 8.00. The Morgan fingerprint density at radius 1 is 1.38 bits per heavy atom. The SMILES string of the molecule is CC[Si](CC)C1CNc2ccc(F)cc2C1. The number of anilines is 1. The largest absolute Gasteiger partial charge is 0.385 e. The molecule has 0 fully saturated rings. The van der Waals surface area contributed by atoms with Gasteiger partial charge in [0.1, 0.15) is 5.82 Å². The van der Waals surface area contributed by atoms with E-state index in [2.05, 4.69) is 19.2 Å². The molecule has 1 nitrogen and oxygen atoms in total. The van der Waals surface area contributed by atoms with E-state index in [4.69, 9.17) is 0 Å². The van der Waals surface area contributed by atoms with Crippen LogP contribution in [0.15, 0.2) is 18.2 Å². The van der Waals surface area contributed by atoms with Crippen molar-refractivity contribution < 1.29 is 4.39 Å². The van der Waals surface area contributed by atoms with Crippen molar-refractivity contribution in [3.05, 3.63) is 29.6 Å². The monoisotopic (exact) mass is 236 g/mol. The summed E-state index contributed by atoms with van der Waals surface area (Å²) < 4.78 is 13.2. The molecule has 0 saturated carbocycles. The highest BCUT2D eigenvalue weighted by Gasteiger charge is 2.25. The van der Waals surface area contributed by atoms with Crippen LogP contribution in [0, 0.1) is 5.82 Å². The fraction of sp³-hybridized carbons (Fsp3) is 0.538. The standard InChI is InChI=1S/C13H19FNSi/c1-3-16(4-2)12-8-10-7-11(14)5-6-13(10)15-9-12/h5-7,12,15H,3-4,8-9H2,1-2H3. The minimum Gasteiger partial charge on any atom is -0.385 e. The lowest BCUT2D eigenvalue weighted by molar-refractivity contribution is 0.623. The molecule has 2 rings (SSSR count).